The van der Waals surface area contributed by atoms with E-state index < -0.39 is 0 Å². The molecule has 0 aromatic heterocycles. The minimum Gasteiger partial charge on any atom is -0.372 e. The van der Waals surface area contributed by atoms with Gasteiger partial charge < -0.3 is 5.32 Å². The van der Waals surface area contributed by atoms with Crippen LogP contribution in [-0.2, 0) is 9.59 Å². The maximum absolute atomic E-state index is 11.5. The molecule has 0 saturated carbocycles. The predicted molar refractivity (Wildman–Crippen MR) is 64.2 cm³/mol. The third-order valence-corrected chi connectivity index (χ3v) is 3.37. The largest absolute Gasteiger partial charge is 0.372 e. The van der Waals surface area contributed by atoms with Crippen molar-refractivity contribution in [1.82, 2.24) is 5.32 Å². The van der Waals surface area contributed by atoms with E-state index >= 15 is 0 Å². The number of hydrogen-bond donors (Lipinski definition) is 1. The van der Waals surface area contributed by atoms with Gasteiger partial charge in [0.05, 0.1) is 0 Å². The lowest BCUT2D eigenvalue weighted by atomic mass is 9.83. The zero-order chi connectivity index (χ0) is 12.3. The van der Waals surface area contributed by atoms with E-state index in [1.54, 1.807) is 6.92 Å². The lowest BCUT2D eigenvalue weighted by Gasteiger charge is -2.32. The number of rotatable bonds is 4. The lowest BCUT2D eigenvalue weighted by Crippen LogP contribution is -2.43. The second-order valence-electron chi connectivity index (χ2n) is 4.31. The summed E-state index contributed by atoms with van der Waals surface area (Å²) in [5.41, 5.74) is 0.550. The second kappa shape index (κ2) is 5.48. The van der Waals surface area contributed by atoms with Gasteiger partial charge in [-0.3, -0.25) is 9.59 Å². The molecule has 0 aliphatic carbocycles. The van der Waals surface area contributed by atoms with E-state index in [-0.39, 0.29) is 23.5 Å². The van der Waals surface area contributed by atoms with Gasteiger partial charge in [-0.05, 0) is 26.7 Å². The third kappa shape index (κ3) is 2.85. The number of allylic oxidation sites excluding steroid dienone is 1. The molecule has 4 heteroatoms. The first-order valence-electron chi connectivity index (χ1n) is 5.64. The minimum atomic E-state index is -0.124. The molecular formula is C12H18ClNO2. The molecule has 2 atom stereocenters. The molecule has 0 radical (unpaired) electrons. The fourth-order valence-electron chi connectivity index (χ4n) is 2.11. The van der Waals surface area contributed by atoms with Crippen LogP contribution in [0.4, 0.5) is 0 Å². The Morgan fingerprint density at radius 2 is 2.06 bits per heavy atom. The summed E-state index contributed by atoms with van der Waals surface area (Å²) in [6, 6.07) is 0.0677. The van der Waals surface area contributed by atoms with Crippen LogP contribution in [0.2, 0.25) is 0 Å². The smallest absolute Gasteiger partial charge is 0.158 e. The van der Waals surface area contributed by atoms with Gasteiger partial charge in [0.25, 0.3) is 0 Å². The molecule has 0 bridgehead atoms. The molecule has 1 rings (SSSR count). The summed E-state index contributed by atoms with van der Waals surface area (Å²) in [5.74, 6) is -0.0612. The molecule has 3 nitrogen and oxygen atoms in total. The summed E-state index contributed by atoms with van der Waals surface area (Å²) in [7, 11) is 0. The molecule has 1 aliphatic rings. The van der Waals surface area contributed by atoms with E-state index in [1.807, 2.05) is 0 Å². The van der Waals surface area contributed by atoms with Gasteiger partial charge >= 0.3 is 0 Å². The number of Topliss-reactive ketones (excluding diaryl/α,β-unsaturated/α-hetero) is 2. The highest BCUT2D eigenvalue weighted by atomic mass is 35.5. The number of carbonyl (C=O) groups is 2. The van der Waals surface area contributed by atoms with E-state index in [4.69, 9.17) is 11.6 Å². The normalized spacial score (nSPS) is 25.2. The molecule has 0 spiro atoms. The Bertz CT molecular complexity index is 336. The SMILES string of the molecule is CCC[C@@H]1NC(Cl)=C(C(C)=O)C[C@@H]1C(C)=O. The fourth-order valence-corrected chi connectivity index (χ4v) is 2.46. The van der Waals surface area contributed by atoms with Crippen molar-refractivity contribution in [2.24, 2.45) is 5.92 Å². The summed E-state index contributed by atoms with van der Waals surface area (Å²) in [6.07, 6.45) is 2.35. The quantitative estimate of drug-likeness (QED) is 0.772. The van der Waals surface area contributed by atoms with Crippen LogP contribution < -0.4 is 5.32 Å². The maximum Gasteiger partial charge on any atom is 0.158 e. The van der Waals surface area contributed by atoms with Crippen LogP contribution in [0, 0.1) is 5.92 Å². The van der Waals surface area contributed by atoms with Crippen LogP contribution in [0.3, 0.4) is 0 Å². The molecule has 0 amide bonds. The monoisotopic (exact) mass is 243 g/mol. The van der Waals surface area contributed by atoms with Crippen molar-refractivity contribution in [1.29, 1.82) is 0 Å². The first-order chi connectivity index (χ1) is 7.47. The highest BCUT2D eigenvalue weighted by Crippen LogP contribution is 2.29. The number of hydrogen-bond acceptors (Lipinski definition) is 3. The molecule has 0 aromatic carbocycles. The number of carbonyl (C=O) groups excluding carboxylic acids is 2. The molecule has 90 valence electrons. The van der Waals surface area contributed by atoms with E-state index in [9.17, 15) is 9.59 Å². The van der Waals surface area contributed by atoms with Gasteiger partial charge in [-0.15, -0.1) is 0 Å². The van der Waals surface area contributed by atoms with E-state index in [1.165, 1.54) is 6.92 Å². The molecule has 0 fully saturated rings. The number of ketones is 2. The molecule has 0 saturated heterocycles. The zero-order valence-corrected chi connectivity index (χ0v) is 10.7. The predicted octanol–water partition coefficient (Wildman–Crippen LogP) is 2.39. The van der Waals surface area contributed by atoms with Gasteiger partial charge in [0, 0.05) is 17.5 Å². The Balaban J connectivity index is 2.93. The van der Waals surface area contributed by atoms with Crippen molar-refractivity contribution < 1.29 is 9.59 Å². The van der Waals surface area contributed by atoms with E-state index in [0.29, 0.717) is 17.2 Å². The molecule has 16 heavy (non-hydrogen) atoms. The Kier molecular flexibility index (Phi) is 4.54. The average Bonchev–Trinajstić information content (AvgIpc) is 2.17. The zero-order valence-electron chi connectivity index (χ0n) is 9.97. The molecule has 0 unspecified atom stereocenters. The Hall–Kier alpha value is -0.830. The van der Waals surface area contributed by atoms with Crippen molar-refractivity contribution in [3.63, 3.8) is 0 Å². The summed E-state index contributed by atoms with van der Waals surface area (Å²) < 4.78 is 0. The van der Waals surface area contributed by atoms with Crippen LogP contribution in [0.25, 0.3) is 0 Å². The number of halogens is 1. The molecular weight excluding hydrogens is 226 g/mol. The Labute approximate surface area is 101 Å². The van der Waals surface area contributed by atoms with Crippen LogP contribution in [-0.4, -0.2) is 17.6 Å². The van der Waals surface area contributed by atoms with Crippen LogP contribution >= 0.6 is 11.6 Å². The molecule has 1 N–H and O–H groups in total. The molecule has 1 heterocycles. The van der Waals surface area contributed by atoms with E-state index in [2.05, 4.69) is 12.2 Å². The standard InChI is InChI=1S/C12H18ClNO2/c1-4-5-11-9(7(2)15)6-10(8(3)16)12(13)14-11/h9,11,14H,4-6H2,1-3H3/t9-,11+/m1/s1. The third-order valence-electron chi connectivity index (χ3n) is 3.03. The topological polar surface area (TPSA) is 46.2 Å². The van der Waals surface area contributed by atoms with Crippen molar-refractivity contribution in [3.05, 3.63) is 10.7 Å². The molecule has 1 aliphatic heterocycles. The van der Waals surface area contributed by atoms with Crippen molar-refractivity contribution in [2.45, 2.75) is 46.1 Å². The maximum atomic E-state index is 11.5. The van der Waals surface area contributed by atoms with Crippen LogP contribution in [0.5, 0.6) is 0 Å². The Morgan fingerprint density at radius 1 is 1.44 bits per heavy atom. The minimum absolute atomic E-state index is 0.0568. The van der Waals surface area contributed by atoms with Gasteiger partial charge in [0.2, 0.25) is 0 Å². The van der Waals surface area contributed by atoms with Gasteiger partial charge in [0.15, 0.2) is 5.78 Å². The van der Waals surface area contributed by atoms with Crippen molar-refractivity contribution >= 4 is 23.2 Å². The first kappa shape index (κ1) is 13.2. The summed E-state index contributed by atoms with van der Waals surface area (Å²) in [4.78, 5) is 22.9. The van der Waals surface area contributed by atoms with Gasteiger partial charge in [-0.25, -0.2) is 0 Å². The summed E-state index contributed by atoms with van der Waals surface area (Å²) in [5, 5.41) is 3.50. The summed E-state index contributed by atoms with van der Waals surface area (Å²) in [6.45, 7) is 5.12. The molecule has 0 aromatic rings. The van der Waals surface area contributed by atoms with E-state index in [0.717, 1.165) is 12.8 Å². The number of nitrogens with one attached hydrogen (secondary N) is 1. The Morgan fingerprint density at radius 3 is 2.50 bits per heavy atom. The van der Waals surface area contributed by atoms with Gasteiger partial charge in [0.1, 0.15) is 10.9 Å². The van der Waals surface area contributed by atoms with Crippen molar-refractivity contribution in [2.75, 3.05) is 0 Å². The first-order valence-corrected chi connectivity index (χ1v) is 6.01. The summed E-state index contributed by atoms with van der Waals surface area (Å²) >= 11 is 6.01. The van der Waals surface area contributed by atoms with Crippen LogP contribution in [0.1, 0.15) is 40.0 Å². The van der Waals surface area contributed by atoms with Gasteiger partial charge in [-0.2, -0.15) is 0 Å². The lowest BCUT2D eigenvalue weighted by molar-refractivity contribution is -0.122. The van der Waals surface area contributed by atoms with Crippen LogP contribution in [0.15, 0.2) is 10.7 Å². The fraction of sp³-hybridized carbons (Fsp3) is 0.667. The highest BCUT2D eigenvalue weighted by Gasteiger charge is 2.32. The second-order valence-corrected chi connectivity index (χ2v) is 4.69. The van der Waals surface area contributed by atoms with Crippen molar-refractivity contribution in [3.8, 4) is 0 Å². The average molecular weight is 244 g/mol. The highest BCUT2D eigenvalue weighted by molar-refractivity contribution is 6.31. The van der Waals surface area contributed by atoms with Gasteiger partial charge in [-0.1, -0.05) is 24.9 Å².